The van der Waals surface area contributed by atoms with E-state index in [1.165, 1.54) is 32.0 Å². The molecule has 0 spiro atoms. The highest BCUT2D eigenvalue weighted by Crippen LogP contribution is 2.61. The Balaban J connectivity index is 1.72. The third-order valence-electron chi connectivity index (χ3n) is 4.03. The Kier molecular flexibility index (Phi) is 2.14. The van der Waals surface area contributed by atoms with E-state index in [2.05, 4.69) is 10.3 Å². The number of hydrogen-bond acceptors (Lipinski definition) is 4. The summed E-state index contributed by atoms with van der Waals surface area (Å²) in [5.74, 6) is 1.31. The topological polar surface area (TPSA) is 73.0 Å². The lowest BCUT2D eigenvalue weighted by atomic mass is 10.0. The summed E-state index contributed by atoms with van der Waals surface area (Å²) in [5, 5.41) is 14.0. The highest BCUT2D eigenvalue weighted by atomic mass is 16.6. The fraction of sp³-hybridized carbons (Fsp3) is 0.727. The number of imidazole rings is 1. The summed E-state index contributed by atoms with van der Waals surface area (Å²) in [7, 11) is 1.78. The SMILES string of the molecule is Cn1cnc([N+](=O)[O-])c1NCC1(C2CC2)CC1. The first kappa shape index (κ1) is 10.6. The Hall–Kier alpha value is -1.59. The molecule has 1 N–H and O–H groups in total. The van der Waals surface area contributed by atoms with Crippen molar-refractivity contribution in [2.75, 3.05) is 11.9 Å². The zero-order valence-corrected chi connectivity index (χ0v) is 9.85. The van der Waals surface area contributed by atoms with E-state index in [-0.39, 0.29) is 5.82 Å². The molecule has 2 saturated carbocycles. The highest BCUT2D eigenvalue weighted by molar-refractivity contribution is 5.52. The van der Waals surface area contributed by atoms with Gasteiger partial charge in [-0.2, -0.15) is 0 Å². The van der Waals surface area contributed by atoms with Gasteiger partial charge in [0.15, 0.2) is 0 Å². The van der Waals surface area contributed by atoms with E-state index in [4.69, 9.17) is 0 Å². The molecule has 0 aromatic carbocycles. The van der Waals surface area contributed by atoms with Crippen molar-refractivity contribution in [3.63, 3.8) is 0 Å². The van der Waals surface area contributed by atoms with Crippen LogP contribution >= 0.6 is 0 Å². The number of rotatable bonds is 5. The van der Waals surface area contributed by atoms with Gasteiger partial charge < -0.3 is 15.4 Å². The molecule has 1 aromatic rings. The first-order valence-corrected chi connectivity index (χ1v) is 6.02. The van der Waals surface area contributed by atoms with Gasteiger partial charge in [-0.15, -0.1) is 0 Å². The third kappa shape index (κ3) is 1.77. The largest absolute Gasteiger partial charge is 0.406 e. The summed E-state index contributed by atoms with van der Waals surface area (Å²) in [6.07, 6.45) is 6.66. The predicted octanol–water partition coefficient (Wildman–Crippen LogP) is 1.93. The second-order valence-electron chi connectivity index (χ2n) is 5.27. The molecule has 3 rings (SSSR count). The summed E-state index contributed by atoms with van der Waals surface area (Å²) in [6, 6.07) is 0. The van der Waals surface area contributed by atoms with Crippen LogP contribution in [0.15, 0.2) is 6.33 Å². The molecule has 0 amide bonds. The van der Waals surface area contributed by atoms with Crippen LogP contribution in [0.1, 0.15) is 25.7 Å². The molecule has 0 atom stereocenters. The zero-order chi connectivity index (χ0) is 12.0. The Morgan fingerprint density at radius 2 is 2.35 bits per heavy atom. The molecule has 6 heteroatoms. The number of nitro groups is 1. The van der Waals surface area contributed by atoms with Gasteiger partial charge in [0.25, 0.3) is 0 Å². The molecule has 0 saturated heterocycles. The fourth-order valence-electron chi connectivity index (χ4n) is 2.60. The van der Waals surface area contributed by atoms with Crippen LogP contribution < -0.4 is 5.32 Å². The summed E-state index contributed by atoms with van der Waals surface area (Å²) < 4.78 is 1.68. The number of aromatic nitrogens is 2. The van der Waals surface area contributed by atoms with Crippen LogP contribution in [-0.2, 0) is 7.05 Å². The predicted molar refractivity (Wildman–Crippen MR) is 62.7 cm³/mol. The van der Waals surface area contributed by atoms with E-state index >= 15 is 0 Å². The molecule has 0 bridgehead atoms. The molecule has 1 aromatic heterocycles. The Labute approximate surface area is 99.2 Å². The molecule has 2 fully saturated rings. The third-order valence-corrected chi connectivity index (χ3v) is 4.03. The highest BCUT2D eigenvalue weighted by Gasteiger charge is 2.53. The van der Waals surface area contributed by atoms with E-state index in [0.717, 1.165) is 12.5 Å². The maximum Gasteiger partial charge on any atom is 0.406 e. The molecule has 0 radical (unpaired) electrons. The molecular formula is C11H16N4O2. The van der Waals surface area contributed by atoms with Gasteiger partial charge in [-0.05, 0) is 46.9 Å². The lowest BCUT2D eigenvalue weighted by Gasteiger charge is -2.15. The van der Waals surface area contributed by atoms with Gasteiger partial charge in [-0.25, -0.2) is 0 Å². The monoisotopic (exact) mass is 236 g/mol. The number of aryl methyl sites for hydroxylation is 1. The number of hydrogen-bond donors (Lipinski definition) is 1. The van der Waals surface area contributed by atoms with Crippen molar-refractivity contribution in [3.05, 3.63) is 16.4 Å². The first-order chi connectivity index (χ1) is 8.12. The van der Waals surface area contributed by atoms with Crippen LogP contribution in [0.4, 0.5) is 11.6 Å². The molecule has 1 heterocycles. The summed E-state index contributed by atoms with van der Waals surface area (Å²) in [4.78, 5) is 14.2. The molecule has 2 aliphatic carbocycles. The van der Waals surface area contributed by atoms with E-state index in [9.17, 15) is 10.1 Å². The van der Waals surface area contributed by atoms with E-state index in [0.29, 0.717) is 11.2 Å². The summed E-state index contributed by atoms with van der Waals surface area (Å²) in [5.41, 5.74) is 0.429. The van der Waals surface area contributed by atoms with Gasteiger partial charge >= 0.3 is 5.82 Å². The number of nitrogens with zero attached hydrogens (tertiary/aromatic N) is 3. The number of nitrogens with one attached hydrogen (secondary N) is 1. The molecule has 2 aliphatic rings. The number of anilines is 1. The van der Waals surface area contributed by atoms with Gasteiger partial charge in [0.2, 0.25) is 12.1 Å². The molecular weight excluding hydrogens is 220 g/mol. The Morgan fingerprint density at radius 1 is 1.65 bits per heavy atom. The smallest absolute Gasteiger partial charge is 0.364 e. The molecule has 17 heavy (non-hydrogen) atoms. The van der Waals surface area contributed by atoms with Gasteiger partial charge in [-0.3, -0.25) is 4.57 Å². The van der Waals surface area contributed by atoms with Crippen molar-refractivity contribution < 1.29 is 4.92 Å². The molecule has 6 nitrogen and oxygen atoms in total. The standard InChI is InChI=1S/C11H16N4O2/c1-14-7-13-10(15(16)17)9(14)12-6-11(4-5-11)8-2-3-8/h7-8,12H,2-6H2,1H3. The first-order valence-electron chi connectivity index (χ1n) is 6.02. The quantitative estimate of drug-likeness (QED) is 0.626. The van der Waals surface area contributed by atoms with Crippen molar-refractivity contribution in [2.24, 2.45) is 18.4 Å². The van der Waals surface area contributed by atoms with Crippen molar-refractivity contribution in [3.8, 4) is 0 Å². The van der Waals surface area contributed by atoms with Crippen LogP contribution in [0, 0.1) is 21.4 Å². The zero-order valence-electron chi connectivity index (χ0n) is 9.85. The van der Waals surface area contributed by atoms with Crippen LogP contribution in [0.25, 0.3) is 0 Å². The molecule has 0 unspecified atom stereocenters. The second-order valence-corrected chi connectivity index (χ2v) is 5.27. The second kappa shape index (κ2) is 3.45. The van der Waals surface area contributed by atoms with E-state index in [1.807, 2.05) is 0 Å². The maximum absolute atomic E-state index is 10.8. The summed E-state index contributed by atoms with van der Waals surface area (Å²) >= 11 is 0. The van der Waals surface area contributed by atoms with Crippen LogP contribution in [-0.4, -0.2) is 21.0 Å². The van der Waals surface area contributed by atoms with Crippen LogP contribution in [0.5, 0.6) is 0 Å². The van der Waals surface area contributed by atoms with Gasteiger partial charge in [0.05, 0.1) is 0 Å². The lowest BCUT2D eigenvalue weighted by Crippen LogP contribution is -2.19. The average Bonchev–Trinajstić information content (AvgIpc) is 3.14. The Bertz CT molecular complexity index is 460. The van der Waals surface area contributed by atoms with Gasteiger partial charge in [0.1, 0.15) is 0 Å². The molecule has 0 aliphatic heterocycles. The molecule has 92 valence electrons. The maximum atomic E-state index is 10.8. The minimum absolute atomic E-state index is 0.0703. The van der Waals surface area contributed by atoms with Crippen molar-refractivity contribution in [2.45, 2.75) is 25.7 Å². The summed E-state index contributed by atoms with van der Waals surface area (Å²) in [6.45, 7) is 0.845. The van der Waals surface area contributed by atoms with Crippen molar-refractivity contribution in [1.82, 2.24) is 9.55 Å². The van der Waals surface area contributed by atoms with Crippen molar-refractivity contribution >= 4 is 11.6 Å². The van der Waals surface area contributed by atoms with Crippen molar-refractivity contribution in [1.29, 1.82) is 0 Å². The van der Waals surface area contributed by atoms with E-state index < -0.39 is 4.92 Å². The minimum Gasteiger partial charge on any atom is -0.364 e. The van der Waals surface area contributed by atoms with Crippen LogP contribution in [0.2, 0.25) is 0 Å². The fourth-order valence-corrected chi connectivity index (χ4v) is 2.60. The van der Waals surface area contributed by atoms with Gasteiger partial charge in [0, 0.05) is 13.6 Å². The normalized spacial score (nSPS) is 21.2. The lowest BCUT2D eigenvalue weighted by molar-refractivity contribution is -0.388. The van der Waals surface area contributed by atoms with Crippen LogP contribution in [0.3, 0.4) is 0 Å². The van der Waals surface area contributed by atoms with Gasteiger partial charge in [-0.1, -0.05) is 0 Å². The minimum atomic E-state index is -0.432. The van der Waals surface area contributed by atoms with E-state index in [1.54, 1.807) is 11.6 Å². The average molecular weight is 236 g/mol. The Morgan fingerprint density at radius 3 is 2.88 bits per heavy atom.